The molecule has 2 aromatic rings. The Kier molecular flexibility index (Phi) is 7.60. The summed E-state index contributed by atoms with van der Waals surface area (Å²) in [6.45, 7) is 9.60. The molecule has 6 nitrogen and oxygen atoms in total. The van der Waals surface area contributed by atoms with Crippen molar-refractivity contribution in [3.8, 4) is 0 Å². The summed E-state index contributed by atoms with van der Waals surface area (Å²) in [6.07, 6.45) is 0.865. The van der Waals surface area contributed by atoms with Gasteiger partial charge in [0.25, 0.3) is 0 Å². The lowest BCUT2D eigenvalue weighted by Crippen LogP contribution is -2.41. The van der Waals surface area contributed by atoms with Gasteiger partial charge in [0, 0.05) is 31.9 Å². The lowest BCUT2D eigenvalue weighted by Gasteiger charge is -2.33. The number of nitrogens with one attached hydrogen (secondary N) is 2. The largest absolute Gasteiger partial charge is 0.371 e. The van der Waals surface area contributed by atoms with E-state index in [0.29, 0.717) is 18.8 Å². The normalized spacial score (nSPS) is 16.8. The number of ether oxygens (including phenoxy) is 1. The average molecular weight is 410 g/mol. The number of carbonyl (C=O) groups excluding carboxylic acids is 2. The van der Waals surface area contributed by atoms with Crippen molar-refractivity contribution in [1.82, 2.24) is 10.2 Å². The summed E-state index contributed by atoms with van der Waals surface area (Å²) in [7, 11) is 0. The Balaban J connectivity index is 1.41. The van der Waals surface area contributed by atoms with Crippen LogP contribution in [0.5, 0.6) is 0 Å². The third kappa shape index (κ3) is 5.90. The van der Waals surface area contributed by atoms with Crippen molar-refractivity contribution in [2.45, 2.75) is 33.3 Å². The van der Waals surface area contributed by atoms with Crippen molar-refractivity contribution in [1.29, 1.82) is 0 Å². The molecule has 3 rings (SSSR count). The predicted octanol–water partition coefficient (Wildman–Crippen LogP) is 3.13. The molecule has 1 heterocycles. The molecule has 6 heteroatoms. The van der Waals surface area contributed by atoms with Crippen LogP contribution in [-0.4, -0.2) is 49.5 Å². The number of benzene rings is 2. The molecular weight excluding hydrogens is 378 g/mol. The van der Waals surface area contributed by atoms with Gasteiger partial charge in [0.1, 0.15) is 0 Å². The van der Waals surface area contributed by atoms with Gasteiger partial charge in [-0.15, -0.1) is 0 Å². The van der Waals surface area contributed by atoms with E-state index in [9.17, 15) is 9.59 Å². The second kappa shape index (κ2) is 10.4. The van der Waals surface area contributed by atoms with Crippen molar-refractivity contribution < 1.29 is 14.3 Å². The van der Waals surface area contributed by atoms with E-state index in [1.54, 1.807) is 0 Å². The fraction of sp³-hybridized carbons (Fsp3) is 0.417. The van der Waals surface area contributed by atoms with E-state index in [4.69, 9.17) is 4.74 Å². The number of amides is 2. The molecule has 0 radical (unpaired) electrons. The molecule has 2 aromatic carbocycles. The third-order valence-corrected chi connectivity index (χ3v) is 5.38. The van der Waals surface area contributed by atoms with Gasteiger partial charge in [-0.2, -0.15) is 0 Å². The lowest BCUT2D eigenvalue weighted by molar-refractivity contribution is -0.136. The van der Waals surface area contributed by atoms with E-state index in [1.807, 2.05) is 51.1 Å². The fourth-order valence-electron chi connectivity index (χ4n) is 3.91. The first kappa shape index (κ1) is 22.0. The number of anilines is 1. The van der Waals surface area contributed by atoms with E-state index in [1.165, 1.54) is 5.56 Å². The second-order valence-electron chi connectivity index (χ2n) is 7.91. The minimum absolute atomic E-state index is 0.0845. The van der Waals surface area contributed by atoms with Crippen LogP contribution in [0, 0.1) is 20.8 Å². The molecule has 1 aliphatic heterocycles. The van der Waals surface area contributed by atoms with Crippen LogP contribution in [0.4, 0.5) is 5.69 Å². The molecule has 30 heavy (non-hydrogen) atoms. The van der Waals surface area contributed by atoms with Crippen molar-refractivity contribution in [3.63, 3.8) is 0 Å². The average Bonchev–Trinajstić information content (AvgIpc) is 2.74. The Hall–Kier alpha value is -2.70. The summed E-state index contributed by atoms with van der Waals surface area (Å²) in [5.74, 6) is -1.22. The minimum atomic E-state index is -0.624. The van der Waals surface area contributed by atoms with Crippen LogP contribution in [-0.2, 0) is 14.3 Å². The van der Waals surface area contributed by atoms with Gasteiger partial charge in [-0.1, -0.05) is 48.0 Å². The SMILES string of the molecule is Cc1cc(C)c(NC(=O)C(=O)NCCCN2CCOC(c3ccccc3)C2)c(C)c1. The number of aryl methyl sites for hydroxylation is 3. The summed E-state index contributed by atoms with van der Waals surface area (Å²) in [4.78, 5) is 26.8. The first-order valence-corrected chi connectivity index (χ1v) is 10.5. The molecule has 0 aromatic heterocycles. The molecule has 0 bridgehead atoms. The smallest absolute Gasteiger partial charge is 0.313 e. The number of morpholine rings is 1. The van der Waals surface area contributed by atoms with E-state index in [-0.39, 0.29) is 6.10 Å². The van der Waals surface area contributed by atoms with Gasteiger partial charge in [-0.05, 0) is 43.9 Å². The van der Waals surface area contributed by atoms with E-state index in [0.717, 1.165) is 42.7 Å². The number of hydrogen-bond donors (Lipinski definition) is 2. The van der Waals surface area contributed by atoms with Gasteiger partial charge in [0.2, 0.25) is 0 Å². The Morgan fingerprint density at radius 3 is 2.47 bits per heavy atom. The molecule has 2 amide bonds. The third-order valence-electron chi connectivity index (χ3n) is 5.38. The maximum absolute atomic E-state index is 12.2. The summed E-state index contributed by atoms with van der Waals surface area (Å²) in [5, 5.41) is 5.47. The molecule has 1 aliphatic rings. The maximum atomic E-state index is 12.2. The summed E-state index contributed by atoms with van der Waals surface area (Å²) >= 11 is 0. The van der Waals surface area contributed by atoms with Gasteiger partial charge in [-0.3, -0.25) is 14.5 Å². The van der Waals surface area contributed by atoms with Gasteiger partial charge in [0.05, 0.1) is 12.7 Å². The van der Waals surface area contributed by atoms with Crippen LogP contribution in [0.1, 0.15) is 34.8 Å². The zero-order chi connectivity index (χ0) is 21.5. The Bertz CT molecular complexity index is 860. The van der Waals surface area contributed by atoms with Crippen molar-refractivity contribution in [2.75, 3.05) is 38.1 Å². The van der Waals surface area contributed by atoms with Crippen LogP contribution in [0.2, 0.25) is 0 Å². The van der Waals surface area contributed by atoms with Crippen LogP contribution in [0.25, 0.3) is 0 Å². The molecular formula is C24H31N3O3. The monoisotopic (exact) mass is 409 g/mol. The summed E-state index contributed by atoms with van der Waals surface area (Å²) < 4.78 is 5.89. The second-order valence-corrected chi connectivity index (χ2v) is 7.91. The maximum Gasteiger partial charge on any atom is 0.313 e. The zero-order valence-electron chi connectivity index (χ0n) is 18.0. The number of rotatable bonds is 6. The molecule has 0 saturated carbocycles. The van der Waals surface area contributed by atoms with Crippen molar-refractivity contribution >= 4 is 17.5 Å². The highest BCUT2D eigenvalue weighted by atomic mass is 16.5. The molecule has 2 N–H and O–H groups in total. The van der Waals surface area contributed by atoms with Gasteiger partial charge in [0.15, 0.2) is 0 Å². The van der Waals surface area contributed by atoms with E-state index in [2.05, 4.69) is 27.7 Å². The first-order chi connectivity index (χ1) is 14.4. The standard InChI is InChI=1S/C24H31N3O3/c1-17-14-18(2)22(19(3)15-17)26-24(29)23(28)25-10-7-11-27-12-13-30-21(16-27)20-8-5-4-6-9-20/h4-6,8-9,14-15,21H,7,10-13,16H2,1-3H3,(H,25,28)(H,26,29). The van der Waals surface area contributed by atoms with Gasteiger partial charge < -0.3 is 15.4 Å². The van der Waals surface area contributed by atoms with Gasteiger partial charge in [-0.25, -0.2) is 0 Å². The number of carbonyl (C=O) groups is 2. The summed E-state index contributed by atoms with van der Waals surface area (Å²) in [5.41, 5.74) is 4.93. The predicted molar refractivity (Wildman–Crippen MR) is 118 cm³/mol. The highest BCUT2D eigenvalue weighted by molar-refractivity contribution is 6.39. The Morgan fingerprint density at radius 1 is 1.07 bits per heavy atom. The number of hydrogen-bond acceptors (Lipinski definition) is 4. The highest BCUT2D eigenvalue weighted by Crippen LogP contribution is 2.22. The molecule has 1 atom stereocenters. The summed E-state index contributed by atoms with van der Waals surface area (Å²) in [6, 6.07) is 14.2. The molecule has 1 unspecified atom stereocenters. The minimum Gasteiger partial charge on any atom is -0.371 e. The molecule has 0 spiro atoms. The Labute approximate surface area is 178 Å². The Morgan fingerprint density at radius 2 is 1.77 bits per heavy atom. The van der Waals surface area contributed by atoms with Crippen molar-refractivity contribution in [2.24, 2.45) is 0 Å². The lowest BCUT2D eigenvalue weighted by atomic mass is 10.1. The first-order valence-electron chi connectivity index (χ1n) is 10.5. The van der Waals surface area contributed by atoms with Crippen LogP contribution < -0.4 is 10.6 Å². The van der Waals surface area contributed by atoms with E-state index >= 15 is 0 Å². The molecule has 1 fully saturated rings. The molecule has 0 aliphatic carbocycles. The molecule has 160 valence electrons. The fourth-order valence-corrected chi connectivity index (χ4v) is 3.91. The van der Waals surface area contributed by atoms with Crippen LogP contribution in [0.15, 0.2) is 42.5 Å². The zero-order valence-corrected chi connectivity index (χ0v) is 18.0. The van der Waals surface area contributed by atoms with Gasteiger partial charge >= 0.3 is 11.8 Å². The number of nitrogens with zero attached hydrogens (tertiary/aromatic N) is 1. The van der Waals surface area contributed by atoms with Crippen LogP contribution in [0.3, 0.4) is 0 Å². The highest BCUT2D eigenvalue weighted by Gasteiger charge is 2.21. The quantitative estimate of drug-likeness (QED) is 0.568. The van der Waals surface area contributed by atoms with E-state index < -0.39 is 11.8 Å². The molecule has 1 saturated heterocycles. The topological polar surface area (TPSA) is 70.7 Å². The van der Waals surface area contributed by atoms with Crippen LogP contribution >= 0.6 is 0 Å². The van der Waals surface area contributed by atoms with Crippen molar-refractivity contribution in [3.05, 3.63) is 64.7 Å².